The SMILES string of the molecule is O=C(O)C/C=C(/NNC(=O)c1ccccc1)c1cccs1. The van der Waals surface area contributed by atoms with E-state index >= 15 is 0 Å². The zero-order valence-corrected chi connectivity index (χ0v) is 11.9. The van der Waals surface area contributed by atoms with Gasteiger partial charge in [0.1, 0.15) is 0 Å². The Balaban J connectivity index is 2.04. The Hall–Kier alpha value is -2.60. The van der Waals surface area contributed by atoms with Crippen LogP contribution in [-0.4, -0.2) is 17.0 Å². The van der Waals surface area contributed by atoms with Gasteiger partial charge in [-0.15, -0.1) is 11.3 Å². The lowest BCUT2D eigenvalue weighted by Gasteiger charge is -2.11. The summed E-state index contributed by atoms with van der Waals surface area (Å²) >= 11 is 1.46. The first-order valence-electron chi connectivity index (χ1n) is 6.24. The lowest BCUT2D eigenvalue weighted by Crippen LogP contribution is -2.36. The van der Waals surface area contributed by atoms with Gasteiger partial charge in [0, 0.05) is 5.56 Å². The number of rotatable bonds is 6. The molecule has 0 fully saturated rings. The van der Waals surface area contributed by atoms with Gasteiger partial charge >= 0.3 is 5.97 Å². The molecule has 0 saturated carbocycles. The summed E-state index contributed by atoms with van der Waals surface area (Å²) in [5.74, 6) is -1.21. The van der Waals surface area contributed by atoms with Crippen LogP contribution in [0.15, 0.2) is 53.9 Å². The van der Waals surface area contributed by atoms with Gasteiger partial charge in [0.25, 0.3) is 5.91 Å². The maximum atomic E-state index is 11.9. The topological polar surface area (TPSA) is 78.4 Å². The van der Waals surface area contributed by atoms with Crippen LogP contribution in [0.2, 0.25) is 0 Å². The van der Waals surface area contributed by atoms with Crippen LogP contribution in [0.4, 0.5) is 0 Å². The highest BCUT2D eigenvalue weighted by Gasteiger charge is 2.07. The van der Waals surface area contributed by atoms with Crippen LogP contribution < -0.4 is 10.9 Å². The molecular formula is C15H14N2O3S. The first-order chi connectivity index (χ1) is 10.2. The van der Waals surface area contributed by atoms with Crippen molar-refractivity contribution in [2.45, 2.75) is 6.42 Å². The van der Waals surface area contributed by atoms with E-state index in [-0.39, 0.29) is 12.3 Å². The van der Waals surface area contributed by atoms with Crippen molar-refractivity contribution in [2.24, 2.45) is 0 Å². The normalized spacial score (nSPS) is 11.0. The predicted octanol–water partition coefficient (Wildman–Crippen LogP) is 2.50. The maximum absolute atomic E-state index is 11.9. The summed E-state index contributed by atoms with van der Waals surface area (Å²) in [6.45, 7) is 0. The van der Waals surface area contributed by atoms with E-state index < -0.39 is 5.97 Å². The largest absolute Gasteiger partial charge is 0.481 e. The van der Waals surface area contributed by atoms with Gasteiger partial charge in [-0.1, -0.05) is 24.3 Å². The van der Waals surface area contributed by atoms with Crippen molar-refractivity contribution in [3.8, 4) is 0 Å². The minimum atomic E-state index is -0.930. The summed E-state index contributed by atoms with van der Waals surface area (Å²) < 4.78 is 0. The van der Waals surface area contributed by atoms with Gasteiger partial charge < -0.3 is 5.11 Å². The molecule has 0 atom stereocenters. The molecule has 1 aromatic carbocycles. The fraction of sp³-hybridized carbons (Fsp3) is 0.0667. The number of hydrogen-bond acceptors (Lipinski definition) is 4. The van der Waals surface area contributed by atoms with Gasteiger partial charge in [-0.3, -0.25) is 20.4 Å². The fourth-order valence-corrected chi connectivity index (χ4v) is 2.34. The minimum Gasteiger partial charge on any atom is -0.481 e. The third kappa shape index (κ3) is 4.47. The molecule has 1 amide bonds. The molecule has 3 N–H and O–H groups in total. The minimum absolute atomic E-state index is 0.124. The van der Waals surface area contributed by atoms with E-state index in [1.54, 1.807) is 24.3 Å². The molecule has 0 aliphatic carbocycles. The molecule has 0 aliphatic rings. The van der Waals surface area contributed by atoms with Gasteiger partial charge in [-0.25, -0.2) is 0 Å². The average molecular weight is 302 g/mol. The number of hydrogen-bond donors (Lipinski definition) is 3. The molecule has 1 heterocycles. The van der Waals surface area contributed by atoms with Crippen LogP contribution in [0.25, 0.3) is 5.70 Å². The highest BCUT2D eigenvalue weighted by Crippen LogP contribution is 2.17. The molecule has 1 aromatic heterocycles. The number of thiophene rings is 1. The number of benzene rings is 1. The Morgan fingerprint density at radius 2 is 1.86 bits per heavy atom. The third-order valence-electron chi connectivity index (χ3n) is 2.61. The van der Waals surface area contributed by atoms with Gasteiger partial charge in [-0.05, 0) is 29.7 Å². The van der Waals surface area contributed by atoms with E-state index in [2.05, 4.69) is 10.9 Å². The van der Waals surface area contributed by atoms with Crippen molar-refractivity contribution < 1.29 is 14.7 Å². The molecule has 0 saturated heterocycles. The van der Waals surface area contributed by atoms with Crippen LogP contribution in [0, 0.1) is 0 Å². The summed E-state index contributed by atoms with van der Waals surface area (Å²) in [4.78, 5) is 23.5. The number of amides is 1. The standard InChI is InChI=1S/C15H14N2O3S/c18-14(19)9-8-12(13-7-4-10-21-13)16-17-15(20)11-5-2-1-3-6-11/h1-8,10,16H,9H2,(H,17,20)(H,18,19)/b12-8+. The molecule has 108 valence electrons. The summed E-state index contributed by atoms with van der Waals surface area (Å²) in [6, 6.07) is 12.5. The zero-order valence-electron chi connectivity index (χ0n) is 11.1. The smallest absolute Gasteiger partial charge is 0.307 e. The molecule has 6 heteroatoms. The average Bonchev–Trinajstić information content (AvgIpc) is 3.02. The number of hydrazine groups is 1. The Bertz CT molecular complexity index is 636. The second-order valence-corrected chi connectivity index (χ2v) is 5.09. The van der Waals surface area contributed by atoms with E-state index in [0.29, 0.717) is 11.3 Å². The summed E-state index contributed by atoms with van der Waals surface area (Å²) in [7, 11) is 0. The van der Waals surface area contributed by atoms with Crippen molar-refractivity contribution in [3.05, 3.63) is 64.4 Å². The Labute approximate surface area is 125 Å². The summed E-state index contributed by atoms with van der Waals surface area (Å²) in [5.41, 5.74) is 6.44. The van der Waals surface area contributed by atoms with E-state index in [1.807, 2.05) is 23.6 Å². The summed E-state index contributed by atoms with van der Waals surface area (Å²) in [5, 5.41) is 10.6. The van der Waals surface area contributed by atoms with Crippen LogP contribution in [0.3, 0.4) is 0 Å². The number of carbonyl (C=O) groups is 2. The predicted molar refractivity (Wildman–Crippen MR) is 81.6 cm³/mol. The van der Waals surface area contributed by atoms with Gasteiger partial charge in [0.15, 0.2) is 0 Å². The van der Waals surface area contributed by atoms with E-state index in [1.165, 1.54) is 17.4 Å². The van der Waals surface area contributed by atoms with Crippen molar-refractivity contribution >= 4 is 28.9 Å². The maximum Gasteiger partial charge on any atom is 0.307 e. The number of aliphatic carboxylic acids is 1. The van der Waals surface area contributed by atoms with Crippen molar-refractivity contribution in [1.82, 2.24) is 10.9 Å². The van der Waals surface area contributed by atoms with Gasteiger partial charge in [0.05, 0.1) is 17.0 Å². The Morgan fingerprint density at radius 1 is 1.10 bits per heavy atom. The molecular weight excluding hydrogens is 288 g/mol. The number of carboxylic acids is 1. The van der Waals surface area contributed by atoms with E-state index in [9.17, 15) is 9.59 Å². The van der Waals surface area contributed by atoms with Crippen LogP contribution in [-0.2, 0) is 4.79 Å². The molecule has 0 unspecified atom stereocenters. The molecule has 0 bridgehead atoms. The lowest BCUT2D eigenvalue weighted by atomic mass is 10.2. The van der Waals surface area contributed by atoms with Gasteiger partial charge in [0.2, 0.25) is 0 Å². The molecule has 0 radical (unpaired) electrons. The summed E-state index contributed by atoms with van der Waals surface area (Å²) in [6.07, 6.45) is 1.40. The zero-order chi connectivity index (χ0) is 15.1. The number of nitrogens with one attached hydrogen (secondary N) is 2. The Morgan fingerprint density at radius 3 is 2.48 bits per heavy atom. The van der Waals surface area contributed by atoms with E-state index in [4.69, 9.17) is 5.11 Å². The highest BCUT2D eigenvalue weighted by atomic mass is 32.1. The fourth-order valence-electron chi connectivity index (χ4n) is 1.62. The van der Waals surface area contributed by atoms with Crippen LogP contribution >= 0.6 is 11.3 Å². The number of carboxylic acid groups (broad SMARTS) is 1. The third-order valence-corrected chi connectivity index (χ3v) is 3.52. The van der Waals surface area contributed by atoms with Crippen LogP contribution in [0.1, 0.15) is 21.7 Å². The highest BCUT2D eigenvalue weighted by molar-refractivity contribution is 7.11. The molecule has 2 rings (SSSR count). The quantitative estimate of drug-likeness (QED) is 0.716. The van der Waals surface area contributed by atoms with Gasteiger partial charge in [-0.2, -0.15) is 0 Å². The molecule has 0 aliphatic heterocycles. The second kappa shape index (κ2) is 7.25. The van der Waals surface area contributed by atoms with Crippen molar-refractivity contribution in [2.75, 3.05) is 0 Å². The second-order valence-electron chi connectivity index (χ2n) is 4.14. The van der Waals surface area contributed by atoms with E-state index in [0.717, 1.165) is 4.88 Å². The monoisotopic (exact) mass is 302 g/mol. The lowest BCUT2D eigenvalue weighted by molar-refractivity contribution is -0.136. The molecule has 0 spiro atoms. The van der Waals surface area contributed by atoms with Crippen molar-refractivity contribution in [1.29, 1.82) is 0 Å². The Kier molecular flexibility index (Phi) is 5.11. The first-order valence-corrected chi connectivity index (χ1v) is 7.12. The number of carbonyl (C=O) groups excluding carboxylic acids is 1. The van der Waals surface area contributed by atoms with Crippen molar-refractivity contribution in [3.63, 3.8) is 0 Å². The van der Waals surface area contributed by atoms with Crippen LogP contribution in [0.5, 0.6) is 0 Å². The molecule has 2 aromatic rings. The molecule has 21 heavy (non-hydrogen) atoms. The first kappa shape index (κ1) is 14.8. The molecule has 5 nitrogen and oxygen atoms in total.